The van der Waals surface area contributed by atoms with Crippen molar-refractivity contribution in [2.45, 2.75) is 42.5 Å². The molecule has 2 aromatic heterocycles. The summed E-state index contributed by atoms with van der Waals surface area (Å²) in [5.74, 6) is 0.908. The summed E-state index contributed by atoms with van der Waals surface area (Å²) < 4.78 is 30.8. The molecule has 0 radical (unpaired) electrons. The van der Waals surface area contributed by atoms with Gasteiger partial charge in [-0.25, -0.2) is 8.42 Å². The van der Waals surface area contributed by atoms with Crippen LogP contribution in [0.5, 0.6) is 0 Å². The molecule has 0 aliphatic carbocycles. The number of anilines is 1. The van der Waals surface area contributed by atoms with Crippen LogP contribution < -0.4 is 9.60 Å². The van der Waals surface area contributed by atoms with Crippen molar-refractivity contribution < 1.29 is 8.42 Å². The number of hydrogen-bond acceptors (Lipinski definition) is 8. The van der Waals surface area contributed by atoms with Crippen LogP contribution in [-0.2, 0) is 16.6 Å². The molecule has 1 N–H and O–H groups in total. The van der Waals surface area contributed by atoms with E-state index in [9.17, 15) is 13.2 Å². The van der Waals surface area contributed by atoms with Crippen molar-refractivity contribution in [2.24, 2.45) is 0 Å². The van der Waals surface area contributed by atoms with Gasteiger partial charge in [0, 0.05) is 12.3 Å². The topological polar surface area (TPSA) is 94.0 Å². The summed E-state index contributed by atoms with van der Waals surface area (Å²) in [5, 5.41) is 8.11. The number of aromatic nitrogens is 3. The first-order valence-electron chi connectivity index (χ1n) is 8.07. The lowest BCUT2D eigenvalue weighted by Crippen LogP contribution is -2.13. The molecule has 26 heavy (non-hydrogen) atoms. The van der Waals surface area contributed by atoms with Crippen molar-refractivity contribution in [1.82, 2.24) is 14.8 Å². The lowest BCUT2D eigenvalue weighted by atomic mass is 10.3. The van der Waals surface area contributed by atoms with E-state index in [0.717, 1.165) is 39.8 Å². The highest BCUT2D eigenvalue weighted by atomic mass is 32.2. The highest BCUT2D eigenvalue weighted by Gasteiger charge is 2.19. The van der Waals surface area contributed by atoms with Crippen LogP contribution in [0.1, 0.15) is 26.7 Å². The zero-order chi connectivity index (χ0) is 18.7. The molecule has 3 aromatic rings. The van der Waals surface area contributed by atoms with Gasteiger partial charge in [-0.1, -0.05) is 48.3 Å². The Labute approximate surface area is 163 Å². The molecule has 0 bridgehead atoms. The Bertz CT molecular complexity index is 1070. The van der Waals surface area contributed by atoms with Gasteiger partial charge in [0.15, 0.2) is 4.34 Å². The van der Waals surface area contributed by atoms with E-state index in [4.69, 9.17) is 0 Å². The Balaban J connectivity index is 1.87. The summed E-state index contributed by atoms with van der Waals surface area (Å²) in [5.41, 5.74) is 0.759. The molecule has 0 aliphatic rings. The van der Waals surface area contributed by atoms with Crippen LogP contribution in [-0.4, -0.2) is 28.9 Å². The molecule has 11 heteroatoms. The first kappa shape index (κ1) is 19.3. The van der Waals surface area contributed by atoms with Crippen molar-refractivity contribution in [2.75, 3.05) is 10.5 Å². The highest BCUT2D eigenvalue weighted by molar-refractivity contribution is 8.01. The first-order valence-corrected chi connectivity index (χ1v) is 12.2. The highest BCUT2D eigenvalue weighted by Crippen LogP contribution is 2.28. The predicted molar refractivity (Wildman–Crippen MR) is 108 cm³/mol. The molecule has 1 aromatic carbocycles. The second-order valence-corrected chi connectivity index (χ2v) is 10.5. The SMILES string of the molecule is CCCSc1nnc(NS(=O)(=O)c2ccc3c(c2)sc(=O)n3CCC)s1. The summed E-state index contributed by atoms with van der Waals surface area (Å²) in [6.07, 6.45) is 1.84. The van der Waals surface area contributed by atoms with Crippen molar-refractivity contribution in [3.63, 3.8) is 0 Å². The Hall–Kier alpha value is -1.43. The summed E-state index contributed by atoms with van der Waals surface area (Å²) in [4.78, 5) is 12.1. The lowest BCUT2D eigenvalue weighted by Gasteiger charge is -2.05. The number of thioether (sulfide) groups is 1. The lowest BCUT2D eigenvalue weighted by molar-refractivity contribution is 0.601. The molecule has 3 rings (SSSR count). The van der Waals surface area contributed by atoms with Gasteiger partial charge >= 0.3 is 4.87 Å². The van der Waals surface area contributed by atoms with Crippen LogP contribution in [0, 0.1) is 0 Å². The maximum Gasteiger partial charge on any atom is 0.308 e. The third kappa shape index (κ3) is 4.11. The molecule has 0 atom stereocenters. The molecule has 0 amide bonds. The third-order valence-electron chi connectivity index (χ3n) is 3.46. The number of rotatable bonds is 8. The number of nitrogens with zero attached hydrogens (tertiary/aromatic N) is 3. The largest absolute Gasteiger partial charge is 0.308 e. The number of sulfonamides is 1. The number of fused-ring (bicyclic) bond motifs is 1. The Morgan fingerprint density at radius 2 is 2.00 bits per heavy atom. The molecule has 0 fully saturated rings. The fourth-order valence-corrected chi connectivity index (χ4v) is 6.29. The Kier molecular flexibility index (Phi) is 6.00. The smallest absolute Gasteiger partial charge is 0.299 e. The fraction of sp³-hybridized carbons (Fsp3) is 0.400. The van der Waals surface area contributed by atoms with Gasteiger partial charge in [-0.05, 0) is 31.0 Å². The van der Waals surface area contributed by atoms with Gasteiger partial charge in [0.05, 0.1) is 15.1 Å². The number of aryl methyl sites for hydroxylation is 1. The summed E-state index contributed by atoms with van der Waals surface area (Å²) in [7, 11) is -3.78. The number of thiazole rings is 1. The van der Waals surface area contributed by atoms with Crippen LogP contribution >= 0.6 is 34.4 Å². The molecule has 7 nitrogen and oxygen atoms in total. The maximum atomic E-state index is 12.6. The van der Waals surface area contributed by atoms with E-state index in [0.29, 0.717) is 11.2 Å². The predicted octanol–water partition coefficient (Wildman–Crippen LogP) is 3.63. The number of hydrogen-bond donors (Lipinski definition) is 1. The standard InChI is InChI=1S/C15H18N4O3S4/c1-3-7-19-11-6-5-10(9-12(11)24-15(19)20)26(21,22)18-13-16-17-14(25-13)23-8-4-2/h5-6,9H,3-4,7-8H2,1-2H3,(H,16,18). The molecular formula is C15H18N4O3S4. The normalized spacial score (nSPS) is 11.9. The fourth-order valence-electron chi connectivity index (χ4n) is 2.32. The third-order valence-corrected chi connectivity index (χ3v) is 8.04. The van der Waals surface area contributed by atoms with Crippen molar-refractivity contribution >= 4 is 59.8 Å². The molecule has 2 heterocycles. The second-order valence-electron chi connectivity index (χ2n) is 5.48. The van der Waals surface area contributed by atoms with Crippen LogP contribution in [0.3, 0.4) is 0 Å². The molecule has 0 spiro atoms. The number of nitrogens with one attached hydrogen (secondary N) is 1. The van der Waals surface area contributed by atoms with E-state index in [2.05, 4.69) is 21.8 Å². The average molecular weight is 431 g/mol. The van der Waals surface area contributed by atoms with Gasteiger partial charge in [-0.15, -0.1) is 10.2 Å². The van der Waals surface area contributed by atoms with Gasteiger partial charge in [0.1, 0.15) is 0 Å². The summed E-state index contributed by atoms with van der Waals surface area (Å²) in [6.45, 7) is 4.68. The molecule has 0 unspecified atom stereocenters. The van der Waals surface area contributed by atoms with Crippen molar-refractivity contribution in [1.29, 1.82) is 0 Å². The molecule has 140 valence electrons. The molecule has 0 aliphatic heterocycles. The van der Waals surface area contributed by atoms with E-state index < -0.39 is 10.0 Å². The minimum atomic E-state index is -3.78. The van der Waals surface area contributed by atoms with Gasteiger partial charge < -0.3 is 0 Å². The summed E-state index contributed by atoms with van der Waals surface area (Å²) in [6, 6.07) is 4.72. The zero-order valence-corrected chi connectivity index (χ0v) is 17.5. The second kappa shape index (κ2) is 8.07. The van der Waals surface area contributed by atoms with E-state index in [1.165, 1.54) is 23.5 Å². The quantitative estimate of drug-likeness (QED) is 0.549. The minimum Gasteiger partial charge on any atom is -0.299 e. The minimum absolute atomic E-state index is 0.0777. The van der Waals surface area contributed by atoms with E-state index in [1.54, 1.807) is 22.4 Å². The summed E-state index contributed by atoms with van der Waals surface area (Å²) >= 11 is 3.81. The van der Waals surface area contributed by atoms with Gasteiger partial charge in [0.25, 0.3) is 10.0 Å². The van der Waals surface area contributed by atoms with Crippen LogP contribution in [0.25, 0.3) is 10.2 Å². The first-order chi connectivity index (χ1) is 12.4. The van der Waals surface area contributed by atoms with E-state index >= 15 is 0 Å². The van der Waals surface area contributed by atoms with Gasteiger partial charge in [-0.3, -0.25) is 14.1 Å². The van der Waals surface area contributed by atoms with Crippen LogP contribution in [0.15, 0.2) is 32.2 Å². The van der Waals surface area contributed by atoms with Crippen LogP contribution in [0.2, 0.25) is 0 Å². The monoisotopic (exact) mass is 430 g/mol. The maximum absolute atomic E-state index is 12.6. The van der Waals surface area contributed by atoms with E-state index in [-0.39, 0.29) is 14.9 Å². The average Bonchev–Trinajstić information content (AvgIpc) is 3.16. The van der Waals surface area contributed by atoms with Crippen molar-refractivity contribution in [3.05, 3.63) is 27.9 Å². The van der Waals surface area contributed by atoms with Gasteiger partial charge in [-0.2, -0.15) is 0 Å². The Morgan fingerprint density at radius 1 is 1.19 bits per heavy atom. The zero-order valence-electron chi connectivity index (χ0n) is 14.3. The van der Waals surface area contributed by atoms with E-state index in [1.807, 2.05) is 6.92 Å². The molecule has 0 saturated heterocycles. The molecular weight excluding hydrogens is 412 g/mol. The Morgan fingerprint density at radius 3 is 2.73 bits per heavy atom. The molecule has 0 saturated carbocycles. The number of benzene rings is 1. The van der Waals surface area contributed by atoms with Crippen molar-refractivity contribution in [3.8, 4) is 0 Å². The van der Waals surface area contributed by atoms with Crippen LogP contribution in [0.4, 0.5) is 5.13 Å². The van der Waals surface area contributed by atoms with Gasteiger partial charge in [0.2, 0.25) is 5.13 Å².